The second-order valence-electron chi connectivity index (χ2n) is 11.3. The van der Waals surface area contributed by atoms with Crippen molar-refractivity contribution in [3.63, 3.8) is 0 Å². The Hall–Kier alpha value is -3.44. The molecule has 0 saturated heterocycles. The number of hydrogen-bond acceptors (Lipinski definition) is 2. The van der Waals surface area contributed by atoms with Crippen LogP contribution in [0.5, 0.6) is 0 Å². The van der Waals surface area contributed by atoms with Crippen LogP contribution in [0.2, 0.25) is 5.02 Å². The van der Waals surface area contributed by atoms with Crippen molar-refractivity contribution in [2.45, 2.75) is 45.6 Å². The van der Waals surface area contributed by atoms with E-state index < -0.39 is 5.97 Å². The number of carboxylic acid groups (broad SMARTS) is 1. The van der Waals surface area contributed by atoms with Gasteiger partial charge in [0.05, 0.1) is 11.4 Å². The van der Waals surface area contributed by atoms with Crippen LogP contribution in [-0.2, 0) is 11.3 Å². The fourth-order valence-electron chi connectivity index (χ4n) is 6.59. The molecule has 3 aromatic carbocycles. The van der Waals surface area contributed by atoms with Crippen molar-refractivity contribution in [1.29, 1.82) is 0 Å². The summed E-state index contributed by atoms with van der Waals surface area (Å²) < 4.78 is 16.7. The Balaban J connectivity index is 1.19. The number of halogens is 2. The molecular formula is C32H29ClFNO3. The molecule has 0 aliphatic heterocycles. The molecule has 0 atom stereocenters. The molecule has 1 heterocycles. The fraction of sp³-hybridized carbons (Fsp3) is 0.312. The molecule has 38 heavy (non-hydrogen) atoms. The van der Waals surface area contributed by atoms with Gasteiger partial charge in [0, 0.05) is 35.1 Å². The maximum atomic E-state index is 14.7. The maximum absolute atomic E-state index is 14.7. The van der Waals surface area contributed by atoms with E-state index >= 15 is 0 Å². The molecule has 2 aliphatic carbocycles. The Morgan fingerprint density at radius 1 is 1.00 bits per heavy atom. The van der Waals surface area contributed by atoms with Crippen LogP contribution in [0, 0.1) is 30.0 Å². The van der Waals surface area contributed by atoms with Crippen molar-refractivity contribution in [2.24, 2.45) is 17.3 Å². The van der Waals surface area contributed by atoms with Gasteiger partial charge in [0.2, 0.25) is 0 Å². The van der Waals surface area contributed by atoms with Gasteiger partial charge in [-0.15, -0.1) is 0 Å². The first-order chi connectivity index (χ1) is 18.2. The highest BCUT2D eigenvalue weighted by molar-refractivity contribution is 6.31. The number of aromatic nitrogens is 1. The number of benzene rings is 3. The third-order valence-corrected chi connectivity index (χ3v) is 9.02. The van der Waals surface area contributed by atoms with Gasteiger partial charge in [-0.2, -0.15) is 0 Å². The van der Waals surface area contributed by atoms with Gasteiger partial charge in [-0.3, -0.25) is 9.59 Å². The highest BCUT2D eigenvalue weighted by Gasteiger charge is 2.54. The Bertz CT molecular complexity index is 1560. The van der Waals surface area contributed by atoms with Crippen LogP contribution < -0.4 is 0 Å². The lowest BCUT2D eigenvalue weighted by atomic mass is 9.47. The summed E-state index contributed by atoms with van der Waals surface area (Å²) in [5.74, 6) is -0.980. The SMILES string of the molecule is Cc1ccc(-c2ccc(Cn3ccc4c(F)ccc(C(=O)CC5CC6(C5)CC(C(=O)O)C6)c43)cc2)cc1Cl. The van der Waals surface area contributed by atoms with Crippen LogP contribution in [0.4, 0.5) is 4.39 Å². The zero-order valence-corrected chi connectivity index (χ0v) is 22.0. The lowest BCUT2D eigenvalue weighted by Crippen LogP contribution is -2.50. The molecule has 194 valence electrons. The summed E-state index contributed by atoms with van der Waals surface area (Å²) in [5, 5.41) is 10.4. The molecule has 2 aliphatic rings. The molecule has 2 saturated carbocycles. The number of hydrogen-bond donors (Lipinski definition) is 1. The minimum absolute atomic E-state index is 0.0236. The normalized spacial score (nSPS) is 22.3. The highest BCUT2D eigenvalue weighted by Crippen LogP contribution is 2.62. The number of carbonyl (C=O) groups excluding carboxylic acids is 1. The molecule has 4 nitrogen and oxygen atoms in total. The first kappa shape index (κ1) is 24.9. The van der Waals surface area contributed by atoms with Crippen LogP contribution >= 0.6 is 11.6 Å². The van der Waals surface area contributed by atoms with E-state index in [1.54, 1.807) is 12.1 Å². The van der Waals surface area contributed by atoms with Crippen LogP contribution in [0.15, 0.2) is 66.9 Å². The lowest BCUT2D eigenvalue weighted by Gasteiger charge is -2.56. The smallest absolute Gasteiger partial charge is 0.306 e. The molecule has 1 N–H and O–H groups in total. The van der Waals surface area contributed by atoms with E-state index in [-0.39, 0.29) is 28.9 Å². The number of nitrogens with zero attached hydrogens (tertiary/aromatic N) is 1. The standard InChI is InChI=1S/C32H29ClFNO3/c1-19-2-5-23(13-27(19)33)22-6-3-20(4-7-22)18-35-11-10-25-28(34)9-8-26(30(25)35)29(36)12-21-14-32(15-21)16-24(17-32)31(37)38/h2-11,13,21,24H,12,14-18H2,1H3,(H,37,38). The molecule has 0 unspecified atom stereocenters. The molecule has 0 radical (unpaired) electrons. The number of aryl methyl sites for hydroxylation is 1. The number of aliphatic carboxylic acids is 1. The number of fused-ring (bicyclic) bond motifs is 1. The summed E-state index contributed by atoms with van der Waals surface area (Å²) in [4.78, 5) is 24.5. The minimum atomic E-state index is -0.709. The van der Waals surface area contributed by atoms with Gasteiger partial charge in [0.15, 0.2) is 5.78 Å². The van der Waals surface area contributed by atoms with E-state index in [0.717, 1.165) is 53.0 Å². The van der Waals surface area contributed by atoms with Crippen molar-refractivity contribution < 1.29 is 19.1 Å². The zero-order chi connectivity index (χ0) is 26.6. The first-order valence-corrected chi connectivity index (χ1v) is 13.5. The first-order valence-electron chi connectivity index (χ1n) is 13.1. The topological polar surface area (TPSA) is 59.3 Å². The van der Waals surface area contributed by atoms with Crippen LogP contribution in [0.1, 0.15) is 53.6 Å². The number of carbonyl (C=O) groups is 2. The molecular weight excluding hydrogens is 501 g/mol. The summed E-state index contributed by atoms with van der Waals surface area (Å²) >= 11 is 6.30. The molecule has 0 amide bonds. The quantitative estimate of drug-likeness (QED) is 0.247. The van der Waals surface area contributed by atoms with Gasteiger partial charge in [-0.1, -0.05) is 48.0 Å². The van der Waals surface area contributed by atoms with Crippen LogP contribution in [0.3, 0.4) is 0 Å². The second-order valence-corrected chi connectivity index (χ2v) is 11.7. The number of rotatable bonds is 7. The predicted molar refractivity (Wildman–Crippen MR) is 147 cm³/mol. The maximum Gasteiger partial charge on any atom is 0.306 e. The van der Waals surface area contributed by atoms with E-state index in [9.17, 15) is 19.1 Å². The molecule has 4 aromatic rings. The average molecular weight is 530 g/mol. The third kappa shape index (κ3) is 4.43. The largest absolute Gasteiger partial charge is 0.481 e. The predicted octanol–water partition coefficient (Wildman–Crippen LogP) is 7.92. The summed E-state index contributed by atoms with van der Waals surface area (Å²) in [5.41, 5.74) is 5.51. The Kier molecular flexibility index (Phi) is 6.14. The van der Waals surface area contributed by atoms with Gasteiger partial charge in [0.25, 0.3) is 0 Å². The van der Waals surface area contributed by atoms with Crippen molar-refractivity contribution in [1.82, 2.24) is 4.57 Å². The van der Waals surface area contributed by atoms with Gasteiger partial charge < -0.3 is 9.67 Å². The van der Waals surface area contributed by atoms with Crippen molar-refractivity contribution in [2.75, 3.05) is 0 Å². The monoisotopic (exact) mass is 529 g/mol. The minimum Gasteiger partial charge on any atom is -0.481 e. The Morgan fingerprint density at radius 3 is 2.39 bits per heavy atom. The Morgan fingerprint density at radius 2 is 1.71 bits per heavy atom. The van der Waals surface area contributed by atoms with E-state index in [0.29, 0.717) is 29.4 Å². The third-order valence-electron chi connectivity index (χ3n) is 8.61. The molecule has 6 rings (SSSR count). The Labute approximate surface area is 226 Å². The number of Topliss-reactive ketones (excluding diaryl/α,β-unsaturated/α-hetero) is 1. The molecule has 1 spiro atoms. The van der Waals surface area contributed by atoms with Gasteiger partial charge in [-0.05, 0) is 90.5 Å². The average Bonchev–Trinajstić information content (AvgIpc) is 3.26. The fourth-order valence-corrected chi connectivity index (χ4v) is 6.77. The molecule has 1 aromatic heterocycles. The zero-order valence-electron chi connectivity index (χ0n) is 21.2. The van der Waals surface area contributed by atoms with Crippen molar-refractivity contribution in [3.8, 4) is 11.1 Å². The van der Waals surface area contributed by atoms with E-state index in [1.165, 1.54) is 6.07 Å². The number of carboxylic acids is 1. The van der Waals surface area contributed by atoms with Crippen LogP contribution in [-0.4, -0.2) is 21.4 Å². The number of ketones is 1. The highest BCUT2D eigenvalue weighted by atomic mass is 35.5. The van der Waals surface area contributed by atoms with E-state index in [2.05, 4.69) is 18.2 Å². The van der Waals surface area contributed by atoms with Crippen LogP contribution in [0.25, 0.3) is 22.0 Å². The van der Waals surface area contributed by atoms with Gasteiger partial charge in [-0.25, -0.2) is 4.39 Å². The molecule has 2 fully saturated rings. The van der Waals surface area contributed by atoms with E-state index in [4.69, 9.17) is 11.6 Å². The lowest BCUT2D eigenvalue weighted by molar-refractivity contribution is -0.157. The summed E-state index contributed by atoms with van der Waals surface area (Å²) in [6, 6.07) is 19.0. The molecule has 6 heteroatoms. The summed E-state index contributed by atoms with van der Waals surface area (Å²) in [6.07, 6.45) is 5.54. The van der Waals surface area contributed by atoms with Gasteiger partial charge in [0.1, 0.15) is 5.82 Å². The molecule has 0 bridgehead atoms. The second kappa shape index (κ2) is 9.39. The van der Waals surface area contributed by atoms with E-state index in [1.807, 2.05) is 42.0 Å². The summed E-state index contributed by atoms with van der Waals surface area (Å²) in [6.45, 7) is 2.50. The summed E-state index contributed by atoms with van der Waals surface area (Å²) in [7, 11) is 0. The van der Waals surface area contributed by atoms with Gasteiger partial charge >= 0.3 is 5.97 Å². The van der Waals surface area contributed by atoms with Crippen molar-refractivity contribution >= 4 is 34.3 Å². The van der Waals surface area contributed by atoms with Crippen molar-refractivity contribution in [3.05, 3.63) is 94.4 Å².